The molecule has 1 heterocycles. The zero-order chi connectivity index (χ0) is 17.7. The number of carbonyl (C=O) groups is 2. The minimum absolute atomic E-state index is 0.0430. The Bertz CT molecular complexity index is 763. The smallest absolute Gasteiger partial charge is 0.306 e. The summed E-state index contributed by atoms with van der Waals surface area (Å²) in [5.41, 5.74) is 1.34. The molecule has 0 amide bonds. The number of esters is 1. The number of fused-ring (bicyclic) bond motifs is 9. The van der Waals surface area contributed by atoms with Crippen molar-refractivity contribution in [1.82, 2.24) is 0 Å². The third-order valence-corrected chi connectivity index (χ3v) is 9.33. The second kappa shape index (κ2) is 4.91. The number of hydrogen-bond donors (Lipinski definition) is 0. The van der Waals surface area contributed by atoms with Gasteiger partial charge in [-0.1, -0.05) is 19.1 Å². The normalized spacial score (nSPS) is 53.5. The fourth-order valence-electron chi connectivity index (χ4n) is 8.46. The second-order valence-electron chi connectivity index (χ2n) is 9.80. The van der Waals surface area contributed by atoms with Crippen LogP contribution in [0.4, 0.5) is 0 Å². The molecule has 3 saturated carbocycles. The molecule has 0 aromatic heterocycles. The van der Waals surface area contributed by atoms with Gasteiger partial charge in [0.05, 0.1) is 0 Å². The van der Waals surface area contributed by atoms with Crippen molar-refractivity contribution in [3.63, 3.8) is 0 Å². The van der Waals surface area contributed by atoms with E-state index in [2.05, 4.69) is 19.1 Å². The predicted molar refractivity (Wildman–Crippen MR) is 97.0 cm³/mol. The van der Waals surface area contributed by atoms with Crippen LogP contribution in [0.2, 0.25) is 0 Å². The third kappa shape index (κ3) is 1.67. The SMILES string of the molecule is CC[C@]12CCC3C(C=CC4=CC(=O)CC[C@@H]43)C1C1CC1[C@@]21CCC(=O)O1. The van der Waals surface area contributed by atoms with E-state index in [0.29, 0.717) is 41.8 Å². The van der Waals surface area contributed by atoms with Crippen LogP contribution < -0.4 is 0 Å². The first kappa shape index (κ1) is 15.7. The molecule has 5 unspecified atom stereocenters. The Morgan fingerprint density at radius 2 is 2.04 bits per heavy atom. The highest BCUT2D eigenvalue weighted by atomic mass is 16.6. The molecule has 3 nitrogen and oxygen atoms in total. The Kier molecular flexibility index (Phi) is 2.96. The average molecular weight is 352 g/mol. The Balaban J connectivity index is 1.43. The van der Waals surface area contributed by atoms with Crippen molar-refractivity contribution < 1.29 is 14.3 Å². The van der Waals surface area contributed by atoms with E-state index >= 15 is 0 Å². The molecular weight excluding hydrogens is 324 g/mol. The van der Waals surface area contributed by atoms with Crippen LogP contribution in [0.1, 0.15) is 58.3 Å². The maximum Gasteiger partial charge on any atom is 0.306 e. The minimum atomic E-state index is -0.147. The van der Waals surface area contributed by atoms with E-state index in [4.69, 9.17) is 4.74 Å². The number of rotatable bonds is 1. The van der Waals surface area contributed by atoms with E-state index in [1.54, 1.807) is 0 Å². The molecule has 0 N–H and O–H groups in total. The van der Waals surface area contributed by atoms with Crippen LogP contribution in [0.15, 0.2) is 23.8 Å². The number of allylic oxidation sites excluding steroid dienone is 4. The highest BCUT2D eigenvalue weighted by Gasteiger charge is 2.79. The lowest BCUT2D eigenvalue weighted by Gasteiger charge is -2.57. The van der Waals surface area contributed by atoms with E-state index < -0.39 is 0 Å². The first-order valence-corrected chi connectivity index (χ1v) is 10.7. The highest BCUT2D eigenvalue weighted by Crippen LogP contribution is 2.79. The summed E-state index contributed by atoms with van der Waals surface area (Å²) in [6.45, 7) is 2.34. The molecule has 1 saturated heterocycles. The lowest BCUT2D eigenvalue weighted by Crippen LogP contribution is -2.55. The molecule has 3 heteroatoms. The summed E-state index contributed by atoms with van der Waals surface area (Å²) in [4.78, 5) is 24.0. The summed E-state index contributed by atoms with van der Waals surface area (Å²) in [5, 5.41) is 0. The van der Waals surface area contributed by atoms with Gasteiger partial charge in [-0.05, 0) is 79.8 Å². The van der Waals surface area contributed by atoms with Crippen molar-refractivity contribution >= 4 is 11.8 Å². The van der Waals surface area contributed by atoms with Crippen molar-refractivity contribution in [1.29, 1.82) is 0 Å². The number of ketones is 1. The predicted octanol–water partition coefficient (Wildman–Crippen LogP) is 4.23. The molecule has 0 radical (unpaired) electrons. The average Bonchev–Trinajstić information content (AvgIpc) is 3.29. The van der Waals surface area contributed by atoms with Gasteiger partial charge in [-0.15, -0.1) is 0 Å². The lowest BCUT2D eigenvalue weighted by molar-refractivity contribution is -0.175. The van der Waals surface area contributed by atoms with Gasteiger partial charge >= 0.3 is 5.97 Å². The molecule has 6 aliphatic rings. The van der Waals surface area contributed by atoms with Crippen molar-refractivity contribution in [2.45, 2.75) is 63.9 Å². The first-order valence-electron chi connectivity index (χ1n) is 10.7. The van der Waals surface area contributed by atoms with Gasteiger partial charge in [0.2, 0.25) is 0 Å². The second-order valence-corrected chi connectivity index (χ2v) is 9.80. The molecule has 6 rings (SSSR count). The quantitative estimate of drug-likeness (QED) is 0.664. The number of carbonyl (C=O) groups excluding carboxylic acids is 2. The van der Waals surface area contributed by atoms with Crippen LogP contribution in [0, 0.1) is 40.9 Å². The molecule has 0 aromatic rings. The van der Waals surface area contributed by atoms with E-state index in [1.807, 2.05) is 6.08 Å². The van der Waals surface area contributed by atoms with Crippen molar-refractivity contribution in [3.05, 3.63) is 23.8 Å². The van der Waals surface area contributed by atoms with Crippen molar-refractivity contribution in [2.75, 3.05) is 0 Å². The number of hydrogen-bond acceptors (Lipinski definition) is 3. The largest absolute Gasteiger partial charge is 0.458 e. The molecule has 5 aliphatic carbocycles. The van der Waals surface area contributed by atoms with Crippen LogP contribution in [0.5, 0.6) is 0 Å². The molecular formula is C23H28O3. The Hall–Kier alpha value is -1.38. The molecule has 0 bridgehead atoms. The van der Waals surface area contributed by atoms with E-state index in [0.717, 1.165) is 31.6 Å². The zero-order valence-corrected chi connectivity index (χ0v) is 15.6. The van der Waals surface area contributed by atoms with Crippen LogP contribution in [-0.4, -0.2) is 17.4 Å². The van der Waals surface area contributed by atoms with Gasteiger partial charge in [-0.25, -0.2) is 0 Å². The lowest BCUT2D eigenvalue weighted by atomic mass is 9.49. The fraction of sp³-hybridized carbons (Fsp3) is 0.739. The summed E-state index contributed by atoms with van der Waals surface area (Å²) < 4.78 is 6.21. The number of ether oxygens (including phenoxy) is 1. The maximum atomic E-state index is 12.1. The van der Waals surface area contributed by atoms with Crippen molar-refractivity contribution in [2.24, 2.45) is 40.9 Å². The summed E-state index contributed by atoms with van der Waals surface area (Å²) >= 11 is 0. The van der Waals surface area contributed by atoms with Gasteiger partial charge < -0.3 is 4.74 Å². The summed E-state index contributed by atoms with van der Waals surface area (Å²) in [6, 6.07) is 0. The monoisotopic (exact) mass is 352 g/mol. The molecule has 26 heavy (non-hydrogen) atoms. The topological polar surface area (TPSA) is 43.4 Å². The Morgan fingerprint density at radius 3 is 2.81 bits per heavy atom. The minimum Gasteiger partial charge on any atom is -0.458 e. The molecule has 1 spiro atoms. The Labute approximate surface area is 155 Å². The Morgan fingerprint density at radius 1 is 1.15 bits per heavy atom. The highest BCUT2D eigenvalue weighted by molar-refractivity contribution is 5.92. The van der Waals surface area contributed by atoms with E-state index in [1.165, 1.54) is 24.8 Å². The van der Waals surface area contributed by atoms with Crippen LogP contribution in [0.3, 0.4) is 0 Å². The summed E-state index contributed by atoms with van der Waals surface area (Å²) in [6.07, 6.45) is 14.8. The molecule has 0 aromatic carbocycles. The third-order valence-electron chi connectivity index (χ3n) is 9.33. The standard InChI is InChI=1S/C23H28O3/c1-2-22-9-7-16-15-6-4-14(24)11-13(15)3-5-17(16)21(22)18-12-19(18)23(22)10-8-20(25)26-23/h3,5,11,15-19,21H,2,4,6-10,12H2,1H3/t15-,16?,17?,18?,19?,21?,22-,23-/m0/s1. The van der Waals surface area contributed by atoms with Crippen LogP contribution in [-0.2, 0) is 14.3 Å². The van der Waals surface area contributed by atoms with E-state index in [-0.39, 0.29) is 17.0 Å². The van der Waals surface area contributed by atoms with Gasteiger partial charge in [0, 0.05) is 24.2 Å². The van der Waals surface area contributed by atoms with Gasteiger partial charge in [0.15, 0.2) is 5.78 Å². The first-order chi connectivity index (χ1) is 12.6. The van der Waals surface area contributed by atoms with Gasteiger partial charge in [-0.3, -0.25) is 9.59 Å². The van der Waals surface area contributed by atoms with Crippen molar-refractivity contribution in [3.8, 4) is 0 Å². The van der Waals surface area contributed by atoms with Crippen LogP contribution >= 0.6 is 0 Å². The summed E-state index contributed by atoms with van der Waals surface area (Å²) in [5.74, 6) is 4.30. The van der Waals surface area contributed by atoms with Gasteiger partial charge in [0.1, 0.15) is 5.60 Å². The maximum absolute atomic E-state index is 12.1. The summed E-state index contributed by atoms with van der Waals surface area (Å²) in [7, 11) is 0. The molecule has 4 fully saturated rings. The van der Waals surface area contributed by atoms with Gasteiger partial charge in [0.25, 0.3) is 0 Å². The molecule has 1 aliphatic heterocycles. The molecule has 8 atom stereocenters. The molecule has 138 valence electrons. The van der Waals surface area contributed by atoms with Gasteiger partial charge in [-0.2, -0.15) is 0 Å². The van der Waals surface area contributed by atoms with E-state index in [9.17, 15) is 9.59 Å². The zero-order valence-electron chi connectivity index (χ0n) is 15.6. The van der Waals surface area contributed by atoms with Crippen LogP contribution in [0.25, 0.3) is 0 Å². The fourth-order valence-corrected chi connectivity index (χ4v) is 8.46.